The van der Waals surface area contributed by atoms with Crippen molar-refractivity contribution in [2.75, 3.05) is 17.6 Å². The molecule has 1 fully saturated rings. The van der Waals surface area contributed by atoms with Crippen LogP contribution < -0.4 is 10.6 Å². The molecule has 48 heavy (non-hydrogen) atoms. The molecule has 0 saturated heterocycles. The molecule has 4 aromatic carbocycles. The van der Waals surface area contributed by atoms with Gasteiger partial charge in [-0.3, -0.25) is 9.59 Å². The Morgan fingerprint density at radius 3 is 2.17 bits per heavy atom. The van der Waals surface area contributed by atoms with E-state index in [9.17, 15) is 9.59 Å². The first-order chi connectivity index (χ1) is 23.0. The third-order valence-electron chi connectivity index (χ3n) is 9.87. The maximum atomic E-state index is 14.0. The van der Waals surface area contributed by atoms with Gasteiger partial charge in [0.15, 0.2) is 0 Å². The van der Waals surface area contributed by atoms with E-state index in [2.05, 4.69) is 55.7 Å². The molecule has 0 bridgehead atoms. The predicted molar refractivity (Wildman–Crippen MR) is 201 cm³/mol. The second-order valence-electron chi connectivity index (χ2n) is 14.1. The SMILES string of the molecule is Cc1cc(Cl)ccc1-c1ccc(NC(=O)[C@H](Cc2ccc(C(=O)NCCSO)cc2)c2ccc(C3CCC(C(C)(C)C)CC3)cc2)cc1. The van der Waals surface area contributed by atoms with Gasteiger partial charge in [-0.05, 0) is 138 Å². The highest BCUT2D eigenvalue weighted by Gasteiger charge is 2.30. The zero-order valence-electron chi connectivity index (χ0n) is 28.4. The summed E-state index contributed by atoms with van der Waals surface area (Å²) >= 11 is 6.87. The Morgan fingerprint density at radius 1 is 0.896 bits per heavy atom. The number of carbonyl (C=O) groups is 2. The summed E-state index contributed by atoms with van der Waals surface area (Å²) in [6.07, 6.45) is 5.41. The van der Waals surface area contributed by atoms with Crippen LogP contribution in [0.1, 0.15) is 90.9 Å². The second kappa shape index (κ2) is 16.2. The first-order valence-corrected chi connectivity index (χ1v) is 18.2. The van der Waals surface area contributed by atoms with E-state index < -0.39 is 5.92 Å². The molecule has 1 aliphatic rings. The molecule has 0 aromatic heterocycles. The molecule has 1 atom stereocenters. The van der Waals surface area contributed by atoms with Crippen molar-refractivity contribution in [2.24, 2.45) is 11.3 Å². The molecule has 252 valence electrons. The molecule has 2 amide bonds. The van der Waals surface area contributed by atoms with E-state index in [4.69, 9.17) is 16.2 Å². The summed E-state index contributed by atoms with van der Waals surface area (Å²) in [5.41, 5.74) is 8.19. The minimum Gasteiger partial charge on any atom is -0.351 e. The summed E-state index contributed by atoms with van der Waals surface area (Å²) in [6, 6.07) is 29.9. The molecule has 0 heterocycles. The summed E-state index contributed by atoms with van der Waals surface area (Å²) in [5.74, 6) is 1.07. The van der Waals surface area contributed by atoms with Crippen LogP contribution in [0.4, 0.5) is 5.69 Å². The first kappa shape index (κ1) is 35.7. The van der Waals surface area contributed by atoms with Gasteiger partial charge >= 0.3 is 0 Å². The van der Waals surface area contributed by atoms with Crippen molar-refractivity contribution < 1.29 is 14.1 Å². The number of hydrogen-bond donors (Lipinski definition) is 3. The molecule has 7 heteroatoms. The Labute approximate surface area is 295 Å². The quantitative estimate of drug-likeness (QED) is 0.109. The zero-order valence-corrected chi connectivity index (χ0v) is 30.0. The zero-order chi connectivity index (χ0) is 34.3. The van der Waals surface area contributed by atoms with Crippen molar-refractivity contribution in [3.05, 3.63) is 124 Å². The van der Waals surface area contributed by atoms with Crippen molar-refractivity contribution in [3.63, 3.8) is 0 Å². The number of nitrogens with one attached hydrogen (secondary N) is 2. The van der Waals surface area contributed by atoms with Crippen molar-refractivity contribution in [1.29, 1.82) is 0 Å². The Balaban J connectivity index is 1.33. The number of aryl methyl sites for hydroxylation is 1. The standard InChI is InChI=1S/C41H47ClN2O3S/c1-27-25-35(42)19-22-37(27)31-15-20-36(21-16-31)44-40(46)38(26-28-5-7-33(8-6-28)39(45)43-23-24-48-47)32-11-9-29(10-12-32)30-13-17-34(18-14-30)41(2,3)4/h5-12,15-16,19-22,25,30,34,38,47H,13-14,17-18,23-24,26H2,1-4H3,(H,43,45)(H,44,46)/t30?,34?,38-/m1/s1. The monoisotopic (exact) mass is 682 g/mol. The van der Waals surface area contributed by atoms with Gasteiger partial charge in [0.05, 0.1) is 5.92 Å². The number of hydrogen-bond acceptors (Lipinski definition) is 4. The fraction of sp³-hybridized carbons (Fsp3) is 0.366. The minimum absolute atomic E-state index is 0.0767. The Hall–Kier alpha value is -3.58. The molecule has 3 N–H and O–H groups in total. The van der Waals surface area contributed by atoms with Gasteiger partial charge in [0.25, 0.3) is 5.91 Å². The lowest BCUT2D eigenvalue weighted by molar-refractivity contribution is -0.117. The number of benzene rings is 4. The topological polar surface area (TPSA) is 78.4 Å². The van der Waals surface area contributed by atoms with E-state index in [1.165, 1.54) is 31.2 Å². The lowest BCUT2D eigenvalue weighted by atomic mass is 9.68. The van der Waals surface area contributed by atoms with Crippen LogP contribution in [0.3, 0.4) is 0 Å². The predicted octanol–water partition coefficient (Wildman–Crippen LogP) is 10.5. The Bertz CT molecular complexity index is 1670. The number of rotatable bonds is 11. The van der Waals surface area contributed by atoms with Crippen molar-refractivity contribution in [1.82, 2.24) is 5.32 Å². The fourth-order valence-corrected chi connectivity index (χ4v) is 7.33. The number of amides is 2. The maximum Gasteiger partial charge on any atom is 0.251 e. The molecule has 0 spiro atoms. The maximum absolute atomic E-state index is 14.0. The van der Waals surface area contributed by atoms with Crippen LogP contribution in [0, 0.1) is 18.3 Å². The molecule has 1 saturated carbocycles. The van der Waals surface area contributed by atoms with Gasteiger partial charge < -0.3 is 15.2 Å². The first-order valence-electron chi connectivity index (χ1n) is 16.9. The van der Waals surface area contributed by atoms with Crippen LogP contribution >= 0.6 is 23.6 Å². The van der Waals surface area contributed by atoms with Gasteiger partial charge in [-0.1, -0.05) is 87.0 Å². The van der Waals surface area contributed by atoms with Gasteiger partial charge in [-0.25, -0.2) is 0 Å². The smallest absolute Gasteiger partial charge is 0.251 e. The van der Waals surface area contributed by atoms with Crippen molar-refractivity contribution in [3.8, 4) is 11.1 Å². The van der Waals surface area contributed by atoms with Gasteiger partial charge in [0.1, 0.15) is 0 Å². The van der Waals surface area contributed by atoms with E-state index in [1.807, 2.05) is 61.5 Å². The van der Waals surface area contributed by atoms with E-state index >= 15 is 0 Å². The molecule has 5 nitrogen and oxygen atoms in total. The van der Waals surface area contributed by atoms with E-state index in [0.717, 1.165) is 39.4 Å². The van der Waals surface area contributed by atoms with Crippen molar-refractivity contribution >= 4 is 41.1 Å². The van der Waals surface area contributed by atoms with E-state index in [1.54, 1.807) is 12.1 Å². The fourth-order valence-electron chi connectivity index (χ4n) is 6.91. The number of anilines is 1. The summed E-state index contributed by atoms with van der Waals surface area (Å²) in [4.78, 5) is 26.5. The highest BCUT2D eigenvalue weighted by Crippen LogP contribution is 2.43. The van der Waals surface area contributed by atoms with E-state index in [0.29, 0.717) is 52.7 Å². The van der Waals surface area contributed by atoms with Crippen LogP contribution in [0.15, 0.2) is 91.0 Å². The molecular formula is C41H47ClN2O3S. The van der Waals surface area contributed by atoms with Crippen molar-refractivity contribution in [2.45, 2.75) is 71.6 Å². The molecule has 0 unspecified atom stereocenters. The van der Waals surface area contributed by atoms with Crippen LogP contribution in [0.2, 0.25) is 5.02 Å². The highest BCUT2D eigenvalue weighted by molar-refractivity contribution is 7.93. The summed E-state index contributed by atoms with van der Waals surface area (Å²) < 4.78 is 8.93. The largest absolute Gasteiger partial charge is 0.351 e. The number of carbonyl (C=O) groups excluding carboxylic acids is 2. The highest BCUT2D eigenvalue weighted by atomic mass is 35.5. The Kier molecular flexibility index (Phi) is 12.1. The van der Waals surface area contributed by atoms with Gasteiger partial charge in [-0.15, -0.1) is 0 Å². The molecular weight excluding hydrogens is 636 g/mol. The average Bonchev–Trinajstić information content (AvgIpc) is 3.08. The molecule has 5 rings (SSSR count). The Morgan fingerprint density at radius 2 is 1.56 bits per heavy atom. The average molecular weight is 683 g/mol. The van der Waals surface area contributed by atoms with Crippen LogP contribution in [-0.4, -0.2) is 28.7 Å². The van der Waals surface area contributed by atoms with Gasteiger partial charge in [-0.2, -0.15) is 0 Å². The lowest BCUT2D eigenvalue weighted by Crippen LogP contribution is -2.26. The second-order valence-corrected chi connectivity index (χ2v) is 15.3. The summed E-state index contributed by atoms with van der Waals surface area (Å²) in [5, 5.41) is 6.69. The van der Waals surface area contributed by atoms with Crippen LogP contribution in [-0.2, 0) is 11.2 Å². The normalized spacial score (nSPS) is 17.0. The molecule has 1 aliphatic carbocycles. The molecule has 0 radical (unpaired) electrons. The van der Waals surface area contributed by atoms with Crippen LogP contribution in [0.25, 0.3) is 11.1 Å². The van der Waals surface area contributed by atoms with E-state index in [-0.39, 0.29) is 11.8 Å². The minimum atomic E-state index is -0.421. The van der Waals surface area contributed by atoms with Crippen LogP contribution in [0.5, 0.6) is 0 Å². The summed E-state index contributed by atoms with van der Waals surface area (Å²) in [6.45, 7) is 9.49. The third kappa shape index (κ3) is 9.31. The number of halogens is 1. The van der Waals surface area contributed by atoms with Gasteiger partial charge in [0.2, 0.25) is 5.91 Å². The van der Waals surface area contributed by atoms with Gasteiger partial charge in [0, 0.05) is 28.6 Å². The lowest BCUT2D eigenvalue weighted by Gasteiger charge is -2.37. The summed E-state index contributed by atoms with van der Waals surface area (Å²) in [7, 11) is 0. The molecule has 4 aromatic rings. The molecule has 0 aliphatic heterocycles. The third-order valence-corrected chi connectivity index (χ3v) is 10.5.